The summed E-state index contributed by atoms with van der Waals surface area (Å²) in [5.41, 5.74) is 2.75. The van der Waals surface area contributed by atoms with Crippen molar-refractivity contribution in [1.29, 1.82) is 0 Å². The number of benzene rings is 6. The molecule has 0 aliphatic heterocycles. The average molecular weight is 914 g/mol. The molecule has 3 heterocycles. The van der Waals surface area contributed by atoms with Crippen molar-refractivity contribution in [3.05, 3.63) is 188 Å². The van der Waals surface area contributed by atoms with Crippen molar-refractivity contribution in [2.24, 2.45) is 0 Å². The smallest absolute Gasteiger partial charge is 0.226 e. The molecular formula is C49H35N7O2S5. The van der Waals surface area contributed by atoms with Crippen molar-refractivity contribution in [3.8, 4) is 0 Å². The summed E-state index contributed by atoms with van der Waals surface area (Å²) < 4.78 is 29.5. The Bertz CT molecular complexity index is 3290. The molecule has 0 amide bonds. The standard InChI is InChI=1S/C49H35N7O2S5/c1-3-5-21-32(4-2)50-44-45(59-33-22-11-6-12-23-33)52-39-38(51-44)43-42(55-48(62-36-28-17-9-18-29-36)49(56-43)63(57,58)37-30-19-10-20-31-37)41-40(39)53-46(60-34-24-13-7-14-25-34)47(54-41)61-35-26-15-8-16-27-35/h3-31H,2H2,1H3,(H,50,51)/b5-3-,32-21+. The van der Waals surface area contributed by atoms with Crippen molar-refractivity contribution < 1.29 is 8.42 Å². The SMILES string of the molecule is C=C/C(=C\C=C/C)Nc1nc2c(nc1Sc1ccccc1)c1nc(Sc3ccccc3)c(Sc3ccccc3)nc1c1nc(Sc3ccccc3)c(S(=O)(=O)c3ccccc3)nc21. The maximum absolute atomic E-state index is 14.7. The molecule has 14 heteroatoms. The Labute approximate surface area is 381 Å². The monoisotopic (exact) mass is 913 g/mol. The molecule has 0 saturated heterocycles. The number of nitrogens with one attached hydrogen (secondary N) is 1. The van der Waals surface area contributed by atoms with Gasteiger partial charge in [-0.3, -0.25) is 0 Å². The molecule has 3 aromatic heterocycles. The third-order valence-electron chi connectivity index (χ3n) is 9.29. The van der Waals surface area contributed by atoms with Gasteiger partial charge < -0.3 is 5.32 Å². The minimum atomic E-state index is -4.22. The summed E-state index contributed by atoms with van der Waals surface area (Å²) in [4.78, 5) is 35.4. The summed E-state index contributed by atoms with van der Waals surface area (Å²) in [6, 6.07) is 47.7. The molecule has 9 nitrogen and oxygen atoms in total. The van der Waals surface area contributed by atoms with Gasteiger partial charge in [0.05, 0.1) is 4.90 Å². The summed E-state index contributed by atoms with van der Waals surface area (Å²) in [6.07, 6.45) is 7.40. The molecule has 0 bridgehead atoms. The highest BCUT2D eigenvalue weighted by Crippen LogP contribution is 2.43. The number of anilines is 1. The molecule has 1 N–H and O–H groups in total. The highest BCUT2D eigenvalue weighted by Gasteiger charge is 2.30. The number of sulfone groups is 1. The Morgan fingerprint density at radius 2 is 0.857 bits per heavy atom. The molecule has 9 rings (SSSR count). The maximum Gasteiger partial charge on any atom is 0.226 e. The zero-order chi connectivity index (χ0) is 43.2. The summed E-state index contributed by atoms with van der Waals surface area (Å²) in [6.45, 7) is 5.97. The van der Waals surface area contributed by atoms with Crippen LogP contribution in [-0.4, -0.2) is 38.3 Å². The molecular weight excluding hydrogens is 879 g/mol. The summed E-state index contributed by atoms with van der Waals surface area (Å²) >= 11 is 5.62. The lowest BCUT2D eigenvalue weighted by atomic mass is 10.2. The van der Waals surface area contributed by atoms with Crippen molar-refractivity contribution >= 4 is 95.8 Å². The summed E-state index contributed by atoms with van der Waals surface area (Å²) in [7, 11) is -4.22. The first-order valence-electron chi connectivity index (χ1n) is 19.6. The molecule has 0 atom stereocenters. The van der Waals surface area contributed by atoms with E-state index in [0.717, 1.165) is 19.6 Å². The van der Waals surface area contributed by atoms with Crippen LogP contribution in [-0.2, 0) is 9.84 Å². The molecule has 0 spiro atoms. The van der Waals surface area contributed by atoms with Gasteiger partial charge in [-0.25, -0.2) is 38.3 Å². The van der Waals surface area contributed by atoms with Gasteiger partial charge in [-0.15, -0.1) is 0 Å². The molecule has 0 fully saturated rings. The predicted octanol–water partition coefficient (Wildman–Crippen LogP) is 13.0. The van der Waals surface area contributed by atoms with E-state index in [1.54, 1.807) is 36.4 Å². The third kappa shape index (κ3) is 9.26. The molecule has 0 radical (unpaired) electrons. The number of hydrogen-bond acceptors (Lipinski definition) is 13. The van der Waals surface area contributed by atoms with Crippen molar-refractivity contribution in [1.82, 2.24) is 29.9 Å². The van der Waals surface area contributed by atoms with E-state index >= 15 is 0 Å². The first-order valence-corrected chi connectivity index (χ1v) is 24.3. The quantitative estimate of drug-likeness (QED) is 0.0823. The second-order valence-corrected chi connectivity index (χ2v) is 19.7. The van der Waals surface area contributed by atoms with Crippen molar-refractivity contribution in [2.75, 3.05) is 5.32 Å². The van der Waals surface area contributed by atoms with E-state index in [-0.39, 0.29) is 20.5 Å². The number of hydrogen-bond donors (Lipinski definition) is 1. The molecule has 9 aromatic rings. The number of aromatic nitrogens is 6. The van der Waals surface area contributed by atoms with E-state index in [2.05, 4.69) is 11.9 Å². The lowest BCUT2D eigenvalue weighted by Gasteiger charge is -2.17. The van der Waals surface area contributed by atoms with Crippen LogP contribution in [0.5, 0.6) is 0 Å². The Kier molecular flexibility index (Phi) is 12.7. The van der Waals surface area contributed by atoms with E-state index in [1.807, 2.05) is 146 Å². The van der Waals surface area contributed by atoms with Gasteiger partial charge in [-0.1, -0.05) is 157 Å². The van der Waals surface area contributed by atoms with Gasteiger partial charge in [0, 0.05) is 25.3 Å². The van der Waals surface area contributed by atoms with Crippen LogP contribution in [0.3, 0.4) is 0 Å². The fourth-order valence-corrected chi connectivity index (χ4v) is 11.5. The van der Waals surface area contributed by atoms with Crippen molar-refractivity contribution in [3.63, 3.8) is 0 Å². The summed E-state index contributed by atoms with van der Waals surface area (Å²) in [5, 5.41) is 5.25. The van der Waals surface area contributed by atoms with Crippen LogP contribution < -0.4 is 5.32 Å². The second kappa shape index (κ2) is 19.0. The number of rotatable bonds is 14. The van der Waals surface area contributed by atoms with E-state index in [4.69, 9.17) is 29.9 Å². The van der Waals surface area contributed by atoms with Gasteiger partial charge in [0.15, 0.2) is 10.8 Å². The zero-order valence-electron chi connectivity index (χ0n) is 33.5. The van der Waals surface area contributed by atoms with Crippen LogP contribution in [0.1, 0.15) is 6.92 Å². The largest absolute Gasteiger partial charge is 0.338 e. The van der Waals surface area contributed by atoms with Crippen LogP contribution in [0, 0.1) is 0 Å². The van der Waals surface area contributed by atoms with Crippen LogP contribution >= 0.6 is 47.0 Å². The minimum Gasteiger partial charge on any atom is -0.338 e. The van der Waals surface area contributed by atoms with Crippen LogP contribution in [0.4, 0.5) is 5.82 Å². The normalized spacial score (nSPS) is 12.0. The van der Waals surface area contributed by atoms with Gasteiger partial charge in [-0.2, -0.15) is 0 Å². The minimum absolute atomic E-state index is 0.0855. The zero-order valence-corrected chi connectivity index (χ0v) is 37.6. The highest BCUT2D eigenvalue weighted by molar-refractivity contribution is 8.02. The second-order valence-electron chi connectivity index (χ2n) is 13.6. The fraction of sp³-hybridized carbons (Fsp3) is 0.0204. The van der Waals surface area contributed by atoms with Gasteiger partial charge in [0.2, 0.25) is 9.84 Å². The molecule has 0 aliphatic carbocycles. The number of allylic oxidation sites excluding steroid dienone is 4. The summed E-state index contributed by atoms with van der Waals surface area (Å²) in [5.74, 6) is 0.410. The molecule has 308 valence electrons. The van der Waals surface area contributed by atoms with Crippen molar-refractivity contribution in [2.45, 2.75) is 56.5 Å². The topological polar surface area (TPSA) is 124 Å². The Morgan fingerprint density at radius 1 is 0.492 bits per heavy atom. The predicted molar refractivity (Wildman–Crippen MR) is 257 cm³/mol. The molecule has 0 unspecified atom stereocenters. The van der Waals surface area contributed by atoms with Crippen LogP contribution in [0.15, 0.2) is 238 Å². The van der Waals surface area contributed by atoms with Gasteiger partial charge in [0.1, 0.15) is 53.2 Å². The van der Waals surface area contributed by atoms with E-state index in [1.165, 1.54) is 47.0 Å². The Hall–Kier alpha value is -6.29. The first kappa shape index (κ1) is 42.0. The third-order valence-corrected chi connectivity index (χ3v) is 15.2. The van der Waals surface area contributed by atoms with E-state index in [0.29, 0.717) is 54.2 Å². The lowest BCUT2D eigenvalue weighted by Crippen LogP contribution is -2.10. The molecule has 0 aliphatic rings. The van der Waals surface area contributed by atoms with Crippen LogP contribution in [0.25, 0.3) is 33.1 Å². The molecule has 6 aromatic carbocycles. The maximum atomic E-state index is 14.7. The first-order chi connectivity index (χ1) is 30.9. The average Bonchev–Trinajstić information content (AvgIpc) is 3.32. The van der Waals surface area contributed by atoms with E-state index < -0.39 is 9.84 Å². The Balaban J connectivity index is 1.41. The number of fused-ring (bicyclic) bond motifs is 6. The highest BCUT2D eigenvalue weighted by atomic mass is 32.2. The lowest BCUT2D eigenvalue weighted by molar-refractivity contribution is 0.588. The number of nitrogens with zero attached hydrogens (tertiary/aromatic N) is 6. The van der Waals surface area contributed by atoms with Gasteiger partial charge >= 0.3 is 0 Å². The molecule has 0 saturated carbocycles. The van der Waals surface area contributed by atoms with Gasteiger partial charge in [0.25, 0.3) is 0 Å². The molecule has 63 heavy (non-hydrogen) atoms. The van der Waals surface area contributed by atoms with Crippen LogP contribution in [0.2, 0.25) is 0 Å². The van der Waals surface area contributed by atoms with E-state index in [9.17, 15) is 8.42 Å². The Morgan fingerprint density at radius 3 is 1.30 bits per heavy atom. The fourth-order valence-electron chi connectivity index (χ4n) is 6.36. The van der Waals surface area contributed by atoms with Gasteiger partial charge in [-0.05, 0) is 79.7 Å².